The Morgan fingerprint density at radius 1 is 1.10 bits per heavy atom. The van der Waals surface area contributed by atoms with Crippen LogP contribution in [0.4, 0.5) is 0 Å². The monoisotopic (exact) mass is 275 g/mol. The lowest BCUT2D eigenvalue weighted by molar-refractivity contribution is 0.296. The summed E-state index contributed by atoms with van der Waals surface area (Å²) in [6, 6.07) is 10.0. The first-order chi connectivity index (χ1) is 9.71. The fourth-order valence-electron chi connectivity index (χ4n) is 2.93. The quantitative estimate of drug-likeness (QED) is 0.803. The lowest BCUT2D eigenvalue weighted by Gasteiger charge is -2.18. The number of nitrogens with one attached hydrogen (secondary N) is 1. The summed E-state index contributed by atoms with van der Waals surface area (Å²) in [5.41, 5.74) is 8.71. The molecule has 1 aromatic carbocycles. The van der Waals surface area contributed by atoms with Crippen LogP contribution in [0.25, 0.3) is 0 Å². The number of hydrogen-bond donors (Lipinski definition) is 2. The summed E-state index contributed by atoms with van der Waals surface area (Å²) in [6.07, 6.45) is 3.52. The summed E-state index contributed by atoms with van der Waals surface area (Å²) >= 11 is 0. The topological polar surface area (TPSA) is 41.3 Å². The minimum Gasteiger partial charge on any atom is -0.328 e. The SMILES string of the molecule is CCN(CC)Cc1ccc(CNC2CCC(N)C2)cc1. The minimum absolute atomic E-state index is 0.406. The second-order valence-electron chi connectivity index (χ2n) is 5.93. The van der Waals surface area contributed by atoms with Crippen molar-refractivity contribution in [1.29, 1.82) is 0 Å². The summed E-state index contributed by atoms with van der Waals surface area (Å²) in [6.45, 7) is 8.67. The maximum absolute atomic E-state index is 5.94. The Morgan fingerprint density at radius 3 is 2.30 bits per heavy atom. The fraction of sp³-hybridized carbons (Fsp3) is 0.647. The first kappa shape index (κ1) is 15.5. The Morgan fingerprint density at radius 2 is 1.75 bits per heavy atom. The highest BCUT2D eigenvalue weighted by Gasteiger charge is 2.20. The van der Waals surface area contributed by atoms with Gasteiger partial charge in [-0.05, 0) is 43.5 Å². The molecule has 0 bridgehead atoms. The standard InChI is InChI=1S/C17H29N3/c1-3-20(4-2)13-15-7-5-14(6-8-15)12-19-17-10-9-16(18)11-17/h5-8,16-17,19H,3-4,9-13,18H2,1-2H3. The van der Waals surface area contributed by atoms with E-state index in [1.54, 1.807) is 0 Å². The van der Waals surface area contributed by atoms with Crippen molar-refractivity contribution in [1.82, 2.24) is 10.2 Å². The van der Waals surface area contributed by atoms with Crippen molar-refractivity contribution >= 4 is 0 Å². The van der Waals surface area contributed by atoms with Gasteiger partial charge in [-0.25, -0.2) is 0 Å². The number of rotatable bonds is 7. The molecule has 0 saturated heterocycles. The van der Waals surface area contributed by atoms with Gasteiger partial charge < -0.3 is 11.1 Å². The van der Waals surface area contributed by atoms with E-state index in [1.807, 2.05) is 0 Å². The summed E-state index contributed by atoms with van der Waals surface area (Å²) in [7, 11) is 0. The van der Waals surface area contributed by atoms with Gasteiger partial charge in [-0.1, -0.05) is 38.1 Å². The second kappa shape index (κ2) is 7.77. The highest BCUT2D eigenvalue weighted by atomic mass is 15.1. The molecule has 1 aromatic rings. The van der Waals surface area contributed by atoms with Crippen LogP contribution in [-0.4, -0.2) is 30.1 Å². The molecule has 0 aliphatic heterocycles. The molecule has 112 valence electrons. The molecule has 3 N–H and O–H groups in total. The van der Waals surface area contributed by atoms with Crippen LogP contribution in [0.2, 0.25) is 0 Å². The van der Waals surface area contributed by atoms with Crippen LogP contribution in [0.1, 0.15) is 44.2 Å². The first-order valence-electron chi connectivity index (χ1n) is 8.00. The Kier molecular flexibility index (Phi) is 6.02. The molecule has 1 fully saturated rings. The number of nitrogens with zero attached hydrogens (tertiary/aromatic N) is 1. The van der Waals surface area contributed by atoms with Crippen LogP contribution in [-0.2, 0) is 13.1 Å². The van der Waals surface area contributed by atoms with E-state index in [1.165, 1.54) is 24.0 Å². The van der Waals surface area contributed by atoms with Gasteiger partial charge in [-0.3, -0.25) is 4.90 Å². The van der Waals surface area contributed by atoms with E-state index in [0.29, 0.717) is 12.1 Å². The minimum atomic E-state index is 0.406. The van der Waals surface area contributed by atoms with Crippen LogP contribution in [0, 0.1) is 0 Å². The van der Waals surface area contributed by atoms with Crippen molar-refractivity contribution in [3.63, 3.8) is 0 Å². The zero-order valence-electron chi connectivity index (χ0n) is 12.9. The molecule has 20 heavy (non-hydrogen) atoms. The summed E-state index contributed by atoms with van der Waals surface area (Å²) in [5.74, 6) is 0. The fourth-order valence-corrected chi connectivity index (χ4v) is 2.93. The Hall–Kier alpha value is -0.900. The zero-order valence-corrected chi connectivity index (χ0v) is 12.9. The van der Waals surface area contributed by atoms with Crippen LogP contribution in [0.15, 0.2) is 24.3 Å². The van der Waals surface area contributed by atoms with Crippen molar-refractivity contribution in [2.45, 2.75) is 58.3 Å². The second-order valence-corrected chi connectivity index (χ2v) is 5.93. The molecule has 2 atom stereocenters. The van der Waals surface area contributed by atoms with Gasteiger partial charge in [-0.15, -0.1) is 0 Å². The Labute approximate surface area is 123 Å². The van der Waals surface area contributed by atoms with E-state index >= 15 is 0 Å². The Balaban J connectivity index is 1.79. The molecule has 1 saturated carbocycles. The number of hydrogen-bond acceptors (Lipinski definition) is 3. The van der Waals surface area contributed by atoms with Crippen LogP contribution in [0.3, 0.4) is 0 Å². The predicted molar refractivity (Wildman–Crippen MR) is 85.5 cm³/mol. The van der Waals surface area contributed by atoms with Crippen LogP contribution >= 0.6 is 0 Å². The average molecular weight is 275 g/mol. The molecular weight excluding hydrogens is 246 g/mol. The summed E-state index contributed by atoms with van der Waals surface area (Å²) in [5, 5.41) is 3.62. The average Bonchev–Trinajstić information content (AvgIpc) is 2.89. The molecule has 1 aliphatic rings. The lowest BCUT2D eigenvalue weighted by Crippen LogP contribution is -2.28. The van der Waals surface area contributed by atoms with Gasteiger partial charge in [0, 0.05) is 25.2 Å². The van der Waals surface area contributed by atoms with Crippen molar-refractivity contribution < 1.29 is 0 Å². The Bertz CT molecular complexity index is 384. The number of nitrogens with two attached hydrogens (primary N) is 1. The van der Waals surface area contributed by atoms with Gasteiger partial charge in [0.05, 0.1) is 0 Å². The molecule has 2 unspecified atom stereocenters. The van der Waals surface area contributed by atoms with Gasteiger partial charge >= 0.3 is 0 Å². The van der Waals surface area contributed by atoms with Gasteiger partial charge in [0.1, 0.15) is 0 Å². The summed E-state index contributed by atoms with van der Waals surface area (Å²) in [4.78, 5) is 2.44. The van der Waals surface area contributed by atoms with E-state index in [4.69, 9.17) is 5.73 Å². The molecule has 0 heterocycles. The van der Waals surface area contributed by atoms with Crippen LogP contribution in [0.5, 0.6) is 0 Å². The van der Waals surface area contributed by atoms with E-state index < -0.39 is 0 Å². The first-order valence-corrected chi connectivity index (χ1v) is 8.00. The van der Waals surface area contributed by atoms with E-state index in [2.05, 4.69) is 48.3 Å². The van der Waals surface area contributed by atoms with Crippen molar-refractivity contribution in [3.05, 3.63) is 35.4 Å². The van der Waals surface area contributed by atoms with Crippen LogP contribution < -0.4 is 11.1 Å². The predicted octanol–water partition coefficient (Wildman–Crippen LogP) is 2.50. The lowest BCUT2D eigenvalue weighted by atomic mass is 10.1. The number of benzene rings is 1. The third-order valence-corrected chi connectivity index (χ3v) is 4.39. The largest absolute Gasteiger partial charge is 0.328 e. The molecular formula is C17H29N3. The maximum atomic E-state index is 5.94. The molecule has 0 amide bonds. The third kappa shape index (κ3) is 4.58. The van der Waals surface area contributed by atoms with E-state index in [-0.39, 0.29) is 0 Å². The molecule has 0 radical (unpaired) electrons. The third-order valence-electron chi connectivity index (χ3n) is 4.39. The molecule has 0 spiro atoms. The maximum Gasteiger partial charge on any atom is 0.0233 e. The van der Waals surface area contributed by atoms with Gasteiger partial charge in [0.15, 0.2) is 0 Å². The highest BCUT2D eigenvalue weighted by Crippen LogP contribution is 2.17. The highest BCUT2D eigenvalue weighted by molar-refractivity contribution is 5.22. The van der Waals surface area contributed by atoms with Crippen molar-refractivity contribution in [2.24, 2.45) is 5.73 Å². The molecule has 3 nitrogen and oxygen atoms in total. The molecule has 1 aliphatic carbocycles. The van der Waals surface area contributed by atoms with Crippen molar-refractivity contribution in [2.75, 3.05) is 13.1 Å². The molecule has 3 heteroatoms. The van der Waals surface area contributed by atoms with Gasteiger partial charge in [0.2, 0.25) is 0 Å². The van der Waals surface area contributed by atoms with E-state index in [0.717, 1.165) is 32.6 Å². The molecule has 0 aromatic heterocycles. The van der Waals surface area contributed by atoms with Crippen molar-refractivity contribution in [3.8, 4) is 0 Å². The zero-order chi connectivity index (χ0) is 14.4. The smallest absolute Gasteiger partial charge is 0.0233 e. The summed E-state index contributed by atoms with van der Waals surface area (Å²) < 4.78 is 0. The van der Waals surface area contributed by atoms with E-state index in [9.17, 15) is 0 Å². The molecule has 2 rings (SSSR count). The van der Waals surface area contributed by atoms with Gasteiger partial charge in [0.25, 0.3) is 0 Å². The van der Waals surface area contributed by atoms with Gasteiger partial charge in [-0.2, -0.15) is 0 Å². The normalized spacial score (nSPS) is 22.6.